The maximum atomic E-state index is 13.0. The third kappa shape index (κ3) is 4.31. The van der Waals surface area contributed by atoms with E-state index in [-0.39, 0.29) is 12.2 Å². The lowest BCUT2D eigenvalue weighted by Crippen LogP contribution is -2.49. The predicted molar refractivity (Wildman–Crippen MR) is 96.9 cm³/mol. The average molecular weight is 329 g/mol. The molecule has 0 N–H and O–H groups in total. The number of carbonyl (C=O) groups excluding carboxylic acids is 1. The number of nitrogens with zero attached hydrogens (tertiary/aromatic N) is 1. The first-order valence-electron chi connectivity index (χ1n) is 9.79. The summed E-state index contributed by atoms with van der Waals surface area (Å²) in [6, 6.07) is 10.8. The lowest BCUT2D eigenvalue weighted by atomic mass is 9.89. The molecule has 3 heteroatoms. The van der Waals surface area contributed by atoms with Gasteiger partial charge in [0.25, 0.3) is 0 Å². The number of hydrogen-bond acceptors (Lipinski definition) is 2. The van der Waals surface area contributed by atoms with Crippen molar-refractivity contribution in [2.24, 2.45) is 0 Å². The first-order chi connectivity index (χ1) is 11.8. The van der Waals surface area contributed by atoms with Crippen LogP contribution in [-0.2, 0) is 4.74 Å². The van der Waals surface area contributed by atoms with E-state index in [2.05, 4.69) is 4.90 Å². The average Bonchev–Trinajstić information content (AvgIpc) is 2.64. The van der Waals surface area contributed by atoms with E-state index < -0.39 is 0 Å². The Bertz CT molecular complexity index is 486. The van der Waals surface area contributed by atoms with Crippen molar-refractivity contribution in [1.29, 1.82) is 0 Å². The molecule has 24 heavy (non-hydrogen) atoms. The van der Waals surface area contributed by atoms with E-state index in [1.165, 1.54) is 38.5 Å². The normalized spacial score (nSPS) is 21.2. The van der Waals surface area contributed by atoms with Crippen LogP contribution in [0.15, 0.2) is 30.3 Å². The maximum absolute atomic E-state index is 13.0. The van der Waals surface area contributed by atoms with Crippen LogP contribution in [0.2, 0.25) is 0 Å². The van der Waals surface area contributed by atoms with E-state index in [1.54, 1.807) is 0 Å². The minimum Gasteiger partial charge on any atom is -0.442 e. The SMILES string of the molecule is CC(OC(=O)N(C1CCCCC1)C1CCCCC1)c1ccccc1. The Labute approximate surface area is 146 Å². The molecule has 2 aliphatic rings. The zero-order valence-corrected chi connectivity index (χ0v) is 15.0. The van der Waals surface area contributed by atoms with Gasteiger partial charge in [-0.2, -0.15) is 0 Å². The van der Waals surface area contributed by atoms with E-state index >= 15 is 0 Å². The van der Waals surface area contributed by atoms with Crippen molar-refractivity contribution < 1.29 is 9.53 Å². The second-order valence-electron chi connectivity index (χ2n) is 7.43. The highest BCUT2D eigenvalue weighted by Crippen LogP contribution is 2.31. The molecule has 1 aromatic rings. The van der Waals surface area contributed by atoms with Crippen LogP contribution in [0, 0.1) is 0 Å². The topological polar surface area (TPSA) is 29.5 Å². The van der Waals surface area contributed by atoms with Crippen LogP contribution >= 0.6 is 0 Å². The van der Waals surface area contributed by atoms with Gasteiger partial charge >= 0.3 is 6.09 Å². The molecule has 1 unspecified atom stereocenters. The lowest BCUT2D eigenvalue weighted by molar-refractivity contribution is 0.0253. The molecule has 1 amide bonds. The molecule has 0 spiro atoms. The molecular weight excluding hydrogens is 298 g/mol. The van der Waals surface area contributed by atoms with Gasteiger partial charge in [0, 0.05) is 12.1 Å². The van der Waals surface area contributed by atoms with Gasteiger partial charge in [0.15, 0.2) is 0 Å². The monoisotopic (exact) mass is 329 g/mol. The molecule has 0 aliphatic heterocycles. The highest BCUT2D eigenvalue weighted by atomic mass is 16.6. The Morgan fingerprint density at radius 1 is 0.917 bits per heavy atom. The van der Waals surface area contributed by atoms with Gasteiger partial charge in [-0.15, -0.1) is 0 Å². The van der Waals surface area contributed by atoms with E-state index in [4.69, 9.17) is 4.74 Å². The van der Waals surface area contributed by atoms with Crippen LogP contribution < -0.4 is 0 Å². The molecule has 1 atom stereocenters. The highest BCUT2D eigenvalue weighted by Gasteiger charge is 2.34. The van der Waals surface area contributed by atoms with Crippen molar-refractivity contribution in [3.05, 3.63) is 35.9 Å². The zero-order valence-electron chi connectivity index (χ0n) is 15.0. The van der Waals surface area contributed by atoms with Gasteiger partial charge in [-0.25, -0.2) is 4.79 Å². The van der Waals surface area contributed by atoms with Crippen molar-refractivity contribution in [2.45, 2.75) is 89.3 Å². The third-order valence-electron chi connectivity index (χ3n) is 5.69. The summed E-state index contributed by atoms with van der Waals surface area (Å²) >= 11 is 0. The smallest absolute Gasteiger partial charge is 0.410 e. The van der Waals surface area contributed by atoms with Crippen molar-refractivity contribution in [2.75, 3.05) is 0 Å². The van der Waals surface area contributed by atoms with Crippen LogP contribution in [0.5, 0.6) is 0 Å². The van der Waals surface area contributed by atoms with E-state index in [0.717, 1.165) is 31.2 Å². The van der Waals surface area contributed by atoms with Gasteiger partial charge < -0.3 is 9.64 Å². The summed E-state index contributed by atoms with van der Waals surface area (Å²) in [6.45, 7) is 1.98. The number of ether oxygens (including phenoxy) is 1. The molecule has 1 aromatic carbocycles. The summed E-state index contributed by atoms with van der Waals surface area (Å²) < 4.78 is 5.89. The summed E-state index contributed by atoms with van der Waals surface area (Å²) in [5, 5.41) is 0. The van der Waals surface area contributed by atoms with Crippen molar-refractivity contribution in [3.8, 4) is 0 Å². The van der Waals surface area contributed by atoms with Crippen molar-refractivity contribution in [3.63, 3.8) is 0 Å². The fourth-order valence-corrected chi connectivity index (χ4v) is 4.32. The first-order valence-corrected chi connectivity index (χ1v) is 9.79. The molecule has 0 radical (unpaired) electrons. The number of hydrogen-bond donors (Lipinski definition) is 0. The molecular formula is C21H31NO2. The van der Waals surface area contributed by atoms with Crippen LogP contribution in [0.25, 0.3) is 0 Å². The largest absolute Gasteiger partial charge is 0.442 e. The van der Waals surface area contributed by atoms with Crippen molar-refractivity contribution >= 4 is 6.09 Å². The van der Waals surface area contributed by atoms with E-state index in [0.29, 0.717) is 12.1 Å². The molecule has 0 bridgehead atoms. The third-order valence-corrected chi connectivity index (χ3v) is 5.69. The number of amides is 1. The number of benzene rings is 1. The second-order valence-corrected chi connectivity index (χ2v) is 7.43. The molecule has 0 aromatic heterocycles. The first kappa shape index (κ1) is 17.3. The Kier molecular flexibility index (Phi) is 6.17. The molecule has 3 rings (SSSR count). The van der Waals surface area contributed by atoms with Crippen LogP contribution in [-0.4, -0.2) is 23.1 Å². The molecule has 2 aliphatic carbocycles. The van der Waals surface area contributed by atoms with Crippen LogP contribution in [0.1, 0.15) is 82.8 Å². The van der Waals surface area contributed by atoms with Gasteiger partial charge in [0.2, 0.25) is 0 Å². The predicted octanol–water partition coefficient (Wildman–Crippen LogP) is 5.85. The molecule has 132 valence electrons. The van der Waals surface area contributed by atoms with Gasteiger partial charge in [0.1, 0.15) is 6.10 Å². The molecule has 0 heterocycles. The number of rotatable bonds is 4. The Morgan fingerprint density at radius 3 is 1.92 bits per heavy atom. The highest BCUT2D eigenvalue weighted by molar-refractivity contribution is 5.69. The quantitative estimate of drug-likeness (QED) is 0.693. The van der Waals surface area contributed by atoms with Gasteiger partial charge in [0.05, 0.1) is 0 Å². The van der Waals surface area contributed by atoms with Gasteiger partial charge in [-0.3, -0.25) is 0 Å². The van der Waals surface area contributed by atoms with E-state index in [9.17, 15) is 4.79 Å². The second kappa shape index (κ2) is 8.55. The summed E-state index contributed by atoms with van der Waals surface area (Å²) in [4.78, 5) is 15.2. The Balaban J connectivity index is 1.70. The molecule has 3 nitrogen and oxygen atoms in total. The molecule has 0 saturated heterocycles. The standard InChI is InChI=1S/C21H31NO2/c1-17(18-11-5-2-6-12-18)24-21(23)22(19-13-7-3-8-14-19)20-15-9-4-10-16-20/h2,5-6,11-12,17,19-20H,3-4,7-10,13-16H2,1H3. The molecule has 2 fully saturated rings. The van der Waals surface area contributed by atoms with Crippen LogP contribution in [0.4, 0.5) is 4.79 Å². The molecule has 2 saturated carbocycles. The summed E-state index contributed by atoms with van der Waals surface area (Å²) in [6.07, 6.45) is 11.9. The zero-order chi connectivity index (χ0) is 16.8. The lowest BCUT2D eigenvalue weighted by Gasteiger charge is -2.41. The van der Waals surface area contributed by atoms with Crippen LogP contribution in [0.3, 0.4) is 0 Å². The minimum atomic E-state index is -0.187. The van der Waals surface area contributed by atoms with E-state index in [1.807, 2.05) is 37.3 Å². The number of carbonyl (C=O) groups is 1. The maximum Gasteiger partial charge on any atom is 0.410 e. The van der Waals surface area contributed by atoms with Gasteiger partial charge in [-0.1, -0.05) is 68.9 Å². The summed E-state index contributed by atoms with van der Waals surface area (Å²) in [5.41, 5.74) is 1.07. The minimum absolute atomic E-state index is 0.0925. The summed E-state index contributed by atoms with van der Waals surface area (Å²) in [5.74, 6) is 0. The van der Waals surface area contributed by atoms with Gasteiger partial charge in [-0.05, 0) is 38.2 Å². The Morgan fingerprint density at radius 2 is 1.42 bits per heavy atom. The Hall–Kier alpha value is -1.51. The fraction of sp³-hybridized carbons (Fsp3) is 0.667. The summed E-state index contributed by atoms with van der Waals surface area (Å²) in [7, 11) is 0. The van der Waals surface area contributed by atoms with Crippen molar-refractivity contribution in [1.82, 2.24) is 4.90 Å². The fourth-order valence-electron chi connectivity index (χ4n) is 4.32.